The molecule has 1 fully saturated rings. The second-order valence-electron chi connectivity index (χ2n) is 4.72. The van der Waals surface area contributed by atoms with Crippen LogP contribution in [0.1, 0.15) is 37.7 Å². The molecule has 0 spiro atoms. The second kappa shape index (κ2) is 6.09. The minimum atomic E-state index is -0.437. The first-order chi connectivity index (χ1) is 8.66. The Balaban J connectivity index is 1.93. The summed E-state index contributed by atoms with van der Waals surface area (Å²) in [5.41, 5.74) is 7.02. The molecule has 0 atom stereocenters. The van der Waals surface area contributed by atoms with E-state index in [9.17, 15) is 10.1 Å². The first kappa shape index (κ1) is 13.2. The number of hydrogen-bond donors (Lipinski definition) is 1. The van der Waals surface area contributed by atoms with Gasteiger partial charge in [-0.1, -0.05) is 25.3 Å². The van der Waals surface area contributed by atoms with Crippen molar-refractivity contribution in [3.05, 3.63) is 33.9 Å². The SMILES string of the molecule is Nc1cc(CSC2CCCCC2)ccc1[N+](=O)[O-]. The molecule has 0 unspecified atom stereocenters. The molecule has 0 aliphatic heterocycles. The average Bonchev–Trinajstić information content (AvgIpc) is 2.37. The lowest BCUT2D eigenvalue weighted by Crippen LogP contribution is -2.08. The van der Waals surface area contributed by atoms with Crippen LogP contribution >= 0.6 is 11.8 Å². The standard InChI is InChI=1S/C13H18N2O2S/c14-12-8-10(6-7-13(12)15(16)17)9-18-11-4-2-1-3-5-11/h6-8,11H,1-5,9,14H2. The highest BCUT2D eigenvalue weighted by atomic mass is 32.2. The predicted octanol–water partition coefficient (Wildman–Crippen LogP) is 3.74. The monoisotopic (exact) mass is 266 g/mol. The Kier molecular flexibility index (Phi) is 4.47. The number of anilines is 1. The van der Waals surface area contributed by atoms with Crippen LogP contribution in [-0.4, -0.2) is 10.2 Å². The van der Waals surface area contributed by atoms with E-state index in [-0.39, 0.29) is 11.4 Å². The molecule has 1 saturated carbocycles. The normalized spacial score (nSPS) is 16.7. The third-order valence-corrected chi connectivity index (χ3v) is 4.77. The minimum absolute atomic E-state index is 0.00131. The lowest BCUT2D eigenvalue weighted by molar-refractivity contribution is -0.383. The quantitative estimate of drug-likeness (QED) is 0.512. The number of nitro benzene ring substituents is 1. The molecular weight excluding hydrogens is 248 g/mol. The number of rotatable bonds is 4. The van der Waals surface area contributed by atoms with Gasteiger partial charge in [0.05, 0.1) is 4.92 Å². The smallest absolute Gasteiger partial charge is 0.292 e. The molecule has 2 N–H and O–H groups in total. The zero-order chi connectivity index (χ0) is 13.0. The molecule has 1 aliphatic rings. The molecule has 0 heterocycles. The fourth-order valence-corrected chi connectivity index (χ4v) is 3.58. The molecule has 0 saturated heterocycles. The van der Waals surface area contributed by atoms with E-state index in [0.717, 1.165) is 16.6 Å². The number of hydrogen-bond acceptors (Lipinski definition) is 4. The third kappa shape index (κ3) is 3.38. The van der Waals surface area contributed by atoms with Gasteiger partial charge in [-0.05, 0) is 24.5 Å². The van der Waals surface area contributed by atoms with Crippen molar-refractivity contribution in [3.63, 3.8) is 0 Å². The van der Waals surface area contributed by atoms with Crippen LogP contribution in [0.3, 0.4) is 0 Å². The van der Waals surface area contributed by atoms with Gasteiger partial charge < -0.3 is 5.73 Å². The predicted molar refractivity (Wildman–Crippen MR) is 75.7 cm³/mol. The number of benzene rings is 1. The van der Waals surface area contributed by atoms with Crippen LogP contribution in [0.15, 0.2) is 18.2 Å². The number of nitro groups is 1. The van der Waals surface area contributed by atoms with Gasteiger partial charge in [-0.3, -0.25) is 10.1 Å². The maximum Gasteiger partial charge on any atom is 0.292 e. The summed E-state index contributed by atoms with van der Waals surface area (Å²) in [5.74, 6) is 0.896. The van der Waals surface area contributed by atoms with E-state index >= 15 is 0 Å². The summed E-state index contributed by atoms with van der Waals surface area (Å²) in [6.07, 6.45) is 6.63. The average molecular weight is 266 g/mol. The molecule has 1 aliphatic carbocycles. The van der Waals surface area contributed by atoms with Crippen molar-refractivity contribution in [2.45, 2.75) is 43.1 Å². The number of thioether (sulfide) groups is 1. The maximum absolute atomic E-state index is 10.7. The zero-order valence-electron chi connectivity index (χ0n) is 10.3. The van der Waals surface area contributed by atoms with Crippen LogP contribution in [0.4, 0.5) is 11.4 Å². The van der Waals surface area contributed by atoms with Crippen molar-refractivity contribution in [2.75, 3.05) is 5.73 Å². The molecule has 1 aromatic carbocycles. The Morgan fingerprint density at radius 1 is 1.33 bits per heavy atom. The van der Waals surface area contributed by atoms with Gasteiger partial charge in [-0.2, -0.15) is 11.8 Å². The van der Waals surface area contributed by atoms with Gasteiger partial charge >= 0.3 is 0 Å². The third-order valence-electron chi connectivity index (χ3n) is 3.33. The Hall–Kier alpha value is -1.23. The van der Waals surface area contributed by atoms with Crippen molar-refractivity contribution >= 4 is 23.1 Å². The van der Waals surface area contributed by atoms with Gasteiger partial charge in [-0.15, -0.1) is 0 Å². The Bertz CT molecular complexity index is 431. The van der Waals surface area contributed by atoms with Gasteiger partial charge in [0, 0.05) is 17.1 Å². The Morgan fingerprint density at radius 2 is 2.06 bits per heavy atom. The molecule has 0 radical (unpaired) electrons. The molecule has 0 amide bonds. The largest absolute Gasteiger partial charge is 0.393 e. The molecular formula is C13H18N2O2S. The highest BCUT2D eigenvalue weighted by molar-refractivity contribution is 7.99. The maximum atomic E-state index is 10.7. The van der Waals surface area contributed by atoms with Gasteiger partial charge in [0.1, 0.15) is 5.69 Å². The summed E-state index contributed by atoms with van der Waals surface area (Å²) >= 11 is 1.95. The van der Waals surface area contributed by atoms with E-state index < -0.39 is 4.92 Å². The fraction of sp³-hybridized carbons (Fsp3) is 0.538. The van der Waals surface area contributed by atoms with Crippen LogP contribution in [0.25, 0.3) is 0 Å². The topological polar surface area (TPSA) is 69.2 Å². The van der Waals surface area contributed by atoms with E-state index in [1.165, 1.54) is 38.2 Å². The number of nitrogens with zero attached hydrogens (tertiary/aromatic N) is 1. The molecule has 5 heteroatoms. The van der Waals surface area contributed by atoms with Crippen LogP contribution in [-0.2, 0) is 5.75 Å². The lowest BCUT2D eigenvalue weighted by atomic mass is 10.0. The van der Waals surface area contributed by atoms with Gasteiger partial charge in [0.15, 0.2) is 0 Å². The van der Waals surface area contributed by atoms with Crippen molar-refractivity contribution < 1.29 is 4.92 Å². The number of nitrogens with two attached hydrogens (primary N) is 1. The van der Waals surface area contributed by atoms with Crippen LogP contribution in [0.5, 0.6) is 0 Å². The summed E-state index contributed by atoms with van der Waals surface area (Å²) in [6.45, 7) is 0. The summed E-state index contributed by atoms with van der Waals surface area (Å²) in [4.78, 5) is 10.2. The molecule has 18 heavy (non-hydrogen) atoms. The summed E-state index contributed by atoms with van der Waals surface area (Å²) in [5, 5.41) is 11.4. The van der Waals surface area contributed by atoms with E-state index in [4.69, 9.17) is 5.73 Å². The van der Waals surface area contributed by atoms with E-state index in [2.05, 4.69) is 0 Å². The number of nitrogen functional groups attached to an aromatic ring is 1. The van der Waals surface area contributed by atoms with Gasteiger partial charge in [0.25, 0.3) is 5.69 Å². The van der Waals surface area contributed by atoms with Crippen molar-refractivity contribution in [3.8, 4) is 0 Å². The fourth-order valence-electron chi connectivity index (χ4n) is 2.31. The van der Waals surface area contributed by atoms with E-state index in [1.54, 1.807) is 6.07 Å². The Morgan fingerprint density at radius 3 is 2.67 bits per heavy atom. The van der Waals surface area contributed by atoms with Crippen molar-refractivity contribution in [1.29, 1.82) is 0 Å². The molecule has 0 aromatic heterocycles. The Labute approximate surface area is 111 Å². The first-order valence-corrected chi connectivity index (χ1v) is 7.36. The van der Waals surface area contributed by atoms with Crippen molar-refractivity contribution in [1.82, 2.24) is 0 Å². The summed E-state index contributed by atoms with van der Waals surface area (Å²) < 4.78 is 0. The second-order valence-corrected chi connectivity index (χ2v) is 6.01. The van der Waals surface area contributed by atoms with Crippen molar-refractivity contribution in [2.24, 2.45) is 0 Å². The first-order valence-electron chi connectivity index (χ1n) is 6.31. The van der Waals surface area contributed by atoms with Crippen LogP contribution in [0.2, 0.25) is 0 Å². The highest BCUT2D eigenvalue weighted by Crippen LogP contribution is 2.31. The molecule has 2 rings (SSSR count). The molecule has 0 bridgehead atoms. The highest BCUT2D eigenvalue weighted by Gasteiger charge is 2.15. The summed E-state index contributed by atoms with van der Waals surface area (Å²) in [6, 6.07) is 5.05. The van der Waals surface area contributed by atoms with Crippen LogP contribution in [0, 0.1) is 10.1 Å². The van der Waals surface area contributed by atoms with Crippen LogP contribution < -0.4 is 5.73 Å². The van der Waals surface area contributed by atoms with E-state index in [0.29, 0.717) is 0 Å². The molecule has 98 valence electrons. The zero-order valence-corrected chi connectivity index (χ0v) is 11.1. The van der Waals surface area contributed by atoms with Gasteiger partial charge in [0.2, 0.25) is 0 Å². The van der Waals surface area contributed by atoms with Gasteiger partial charge in [-0.25, -0.2) is 0 Å². The summed E-state index contributed by atoms with van der Waals surface area (Å²) in [7, 11) is 0. The van der Waals surface area contributed by atoms with E-state index in [1.807, 2.05) is 17.8 Å². The lowest BCUT2D eigenvalue weighted by Gasteiger charge is -2.20. The molecule has 1 aromatic rings. The minimum Gasteiger partial charge on any atom is -0.393 e. The molecule has 4 nitrogen and oxygen atoms in total.